The summed E-state index contributed by atoms with van der Waals surface area (Å²) in [6.07, 6.45) is 0. The quantitative estimate of drug-likeness (QED) is 0.630. The molecule has 21 heavy (non-hydrogen) atoms. The van der Waals surface area contributed by atoms with Crippen LogP contribution in [0.3, 0.4) is 0 Å². The highest BCUT2D eigenvalue weighted by atomic mass is 16.7. The molecule has 0 saturated heterocycles. The monoisotopic (exact) mass is 289 g/mol. The molecule has 1 aliphatic heterocycles. The van der Waals surface area contributed by atoms with Crippen LogP contribution in [0.2, 0.25) is 0 Å². The Kier molecular flexibility index (Phi) is 3.95. The van der Waals surface area contributed by atoms with Gasteiger partial charge >= 0.3 is 5.97 Å². The molecule has 0 bridgehead atoms. The minimum absolute atomic E-state index is 0.119. The molecule has 1 aliphatic rings. The van der Waals surface area contributed by atoms with Crippen molar-refractivity contribution in [2.45, 2.75) is 38.8 Å². The van der Waals surface area contributed by atoms with Crippen LogP contribution in [-0.2, 0) is 25.4 Å². The van der Waals surface area contributed by atoms with Gasteiger partial charge in [-0.25, -0.2) is 4.79 Å². The molecule has 4 heteroatoms. The third-order valence-corrected chi connectivity index (χ3v) is 4.10. The molecule has 0 amide bonds. The van der Waals surface area contributed by atoms with Crippen molar-refractivity contribution in [1.82, 2.24) is 5.06 Å². The van der Waals surface area contributed by atoms with E-state index in [1.165, 1.54) is 18.2 Å². The Morgan fingerprint density at radius 3 is 2.05 bits per heavy atom. The van der Waals surface area contributed by atoms with Gasteiger partial charge in [0.1, 0.15) is 6.61 Å². The molecule has 1 heterocycles. The summed E-state index contributed by atoms with van der Waals surface area (Å²) in [5.41, 5.74) is 2.21. The van der Waals surface area contributed by atoms with Crippen LogP contribution < -0.4 is 0 Å². The highest BCUT2D eigenvalue weighted by Crippen LogP contribution is 2.49. The second-order valence-electron chi connectivity index (χ2n) is 6.33. The van der Waals surface area contributed by atoms with Crippen molar-refractivity contribution in [3.8, 4) is 0 Å². The van der Waals surface area contributed by atoms with Gasteiger partial charge in [-0.15, -0.1) is 0 Å². The molecule has 2 rings (SSSR count). The first kappa shape index (κ1) is 15.7. The Balaban J connectivity index is 2.25. The molecule has 0 N–H and O–H groups in total. The van der Waals surface area contributed by atoms with Gasteiger partial charge in [-0.1, -0.05) is 30.8 Å². The number of benzene rings is 1. The van der Waals surface area contributed by atoms with Crippen molar-refractivity contribution >= 4 is 5.97 Å². The highest BCUT2D eigenvalue weighted by Gasteiger charge is 2.50. The Bertz CT molecular complexity index is 540. The number of esters is 1. The lowest BCUT2D eigenvalue weighted by molar-refractivity contribution is -0.255. The summed E-state index contributed by atoms with van der Waals surface area (Å²) in [5, 5.41) is 1.94. The summed E-state index contributed by atoms with van der Waals surface area (Å²) >= 11 is 0. The van der Waals surface area contributed by atoms with Crippen molar-refractivity contribution in [2.75, 3.05) is 13.7 Å². The Morgan fingerprint density at radius 2 is 1.62 bits per heavy atom. The average Bonchev–Trinajstić information content (AvgIpc) is 2.60. The van der Waals surface area contributed by atoms with Crippen molar-refractivity contribution in [2.24, 2.45) is 0 Å². The van der Waals surface area contributed by atoms with E-state index < -0.39 is 5.97 Å². The smallest absolute Gasteiger partial charge is 0.335 e. The SMILES string of the molecule is C=C(CON1C(C)(C)c2ccccc2C1(C)C)C(=O)OC. The lowest BCUT2D eigenvalue weighted by atomic mass is 9.91. The van der Waals surface area contributed by atoms with Gasteiger partial charge in [-0.05, 0) is 38.8 Å². The van der Waals surface area contributed by atoms with Crippen molar-refractivity contribution in [3.63, 3.8) is 0 Å². The summed E-state index contributed by atoms with van der Waals surface area (Å²) in [7, 11) is 1.34. The van der Waals surface area contributed by atoms with Crippen molar-refractivity contribution in [3.05, 3.63) is 47.5 Å². The van der Waals surface area contributed by atoms with E-state index in [2.05, 4.69) is 51.1 Å². The zero-order chi connectivity index (χ0) is 15.8. The van der Waals surface area contributed by atoms with Crippen LogP contribution in [0, 0.1) is 0 Å². The fraction of sp³-hybridized carbons (Fsp3) is 0.471. The van der Waals surface area contributed by atoms with E-state index in [-0.39, 0.29) is 17.7 Å². The van der Waals surface area contributed by atoms with Gasteiger partial charge in [-0.3, -0.25) is 4.84 Å². The maximum absolute atomic E-state index is 11.4. The number of rotatable bonds is 4. The number of hydroxylamine groups is 2. The Morgan fingerprint density at radius 1 is 1.14 bits per heavy atom. The first-order chi connectivity index (χ1) is 9.72. The molecule has 0 aliphatic carbocycles. The van der Waals surface area contributed by atoms with Crippen molar-refractivity contribution in [1.29, 1.82) is 0 Å². The zero-order valence-electron chi connectivity index (χ0n) is 13.4. The molecule has 0 radical (unpaired) electrons. The van der Waals surface area contributed by atoms with Crippen LogP contribution in [-0.4, -0.2) is 24.7 Å². The maximum atomic E-state index is 11.4. The molecule has 1 aromatic carbocycles. The minimum atomic E-state index is -0.442. The molecular formula is C17H23NO3. The minimum Gasteiger partial charge on any atom is -0.466 e. The Hall–Kier alpha value is -1.65. The summed E-state index contributed by atoms with van der Waals surface area (Å²) < 4.78 is 4.66. The number of carbonyl (C=O) groups is 1. The van der Waals surface area contributed by atoms with Crippen LogP contribution in [0.25, 0.3) is 0 Å². The van der Waals surface area contributed by atoms with Gasteiger partial charge < -0.3 is 4.74 Å². The van der Waals surface area contributed by atoms with E-state index in [4.69, 9.17) is 4.84 Å². The number of nitrogens with zero attached hydrogens (tertiary/aromatic N) is 1. The van der Waals surface area contributed by atoms with Gasteiger partial charge in [0.15, 0.2) is 0 Å². The van der Waals surface area contributed by atoms with E-state index in [9.17, 15) is 4.79 Å². The summed E-state index contributed by atoms with van der Waals surface area (Å²) in [6.45, 7) is 12.3. The van der Waals surface area contributed by atoms with E-state index in [1.54, 1.807) is 0 Å². The first-order valence-electron chi connectivity index (χ1n) is 7.02. The fourth-order valence-electron chi connectivity index (χ4n) is 3.14. The molecular weight excluding hydrogens is 266 g/mol. The molecule has 0 atom stereocenters. The average molecular weight is 289 g/mol. The number of carbonyl (C=O) groups excluding carboxylic acids is 1. The number of ether oxygens (including phenoxy) is 1. The molecule has 114 valence electrons. The van der Waals surface area contributed by atoms with E-state index in [1.807, 2.05) is 17.2 Å². The van der Waals surface area contributed by atoms with Gasteiger partial charge in [0.2, 0.25) is 0 Å². The van der Waals surface area contributed by atoms with Crippen LogP contribution >= 0.6 is 0 Å². The number of hydrogen-bond donors (Lipinski definition) is 0. The summed E-state index contributed by atoms with van der Waals surface area (Å²) in [4.78, 5) is 17.4. The number of methoxy groups -OCH3 is 1. The summed E-state index contributed by atoms with van der Waals surface area (Å²) in [6, 6.07) is 8.31. The van der Waals surface area contributed by atoms with Crippen LogP contribution in [0.4, 0.5) is 0 Å². The topological polar surface area (TPSA) is 38.8 Å². The lowest BCUT2D eigenvalue weighted by Crippen LogP contribution is -2.45. The van der Waals surface area contributed by atoms with E-state index in [0.717, 1.165) is 0 Å². The normalized spacial score (nSPS) is 19.1. The standard InChI is InChI=1S/C17H23NO3/c1-12(15(19)20-6)11-21-18-16(2,3)13-9-7-8-10-14(13)17(18,4)5/h7-10H,1,11H2,2-6H3. The van der Waals surface area contributed by atoms with Crippen molar-refractivity contribution < 1.29 is 14.4 Å². The molecule has 0 spiro atoms. The number of fused-ring (bicyclic) bond motifs is 1. The fourth-order valence-corrected chi connectivity index (χ4v) is 3.14. The predicted octanol–water partition coefficient (Wildman–Crippen LogP) is 3.13. The summed E-state index contributed by atoms with van der Waals surface area (Å²) in [5.74, 6) is -0.442. The molecule has 0 aromatic heterocycles. The second kappa shape index (κ2) is 5.28. The predicted molar refractivity (Wildman–Crippen MR) is 81.4 cm³/mol. The van der Waals surface area contributed by atoms with Gasteiger partial charge in [-0.2, -0.15) is 5.06 Å². The maximum Gasteiger partial charge on any atom is 0.335 e. The van der Waals surface area contributed by atoms with Crippen LogP contribution in [0.15, 0.2) is 36.4 Å². The van der Waals surface area contributed by atoms with Crippen LogP contribution in [0.1, 0.15) is 38.8 Å². The molecule has 4 nitrogen and oxygen atoms in total. The van der Waals surface area contributed by atoms with Gasteiger partial charge in [0.25, 0.3) is 0 Å². The molecule has 1 aromatic rings. The van der Waals surface area contributed by atoms with Crippen LogP contribution in [0.5, 0.6) is 0 Å². The number of hydrogen-bond acceptors (Lipinski definition) is 4. The largest absolute Gasteiger partial charge is 0.466 e. The Labute approximate surface area is 126 Å². The first-order valence-corrected chi connectivity index (χ1v) is 7.02. The zero-order valence-corrected chi connectivity index (χ0v) is 13.4. The van der Waals surface area contributed by atoms with Gasteiger partial charge in [0, 0.05) is 0 Å². The van der Waals surface area contributed by atoms with E-state index >= 15 is 0 Å². The van der Waals surface area contributed by atoms with E-state index in [0.29, 0.717) is 5.57 Å². The van der Waals surface area contributed by atoms with Gasteiger partial charge in [0.05, 0.1) is 23.8 Å². The molecule has 0 unspecified atom stereocenters. The molecule has 0 fully saturated rings. The lowest BCUT2D eigenvalue weighted by Gasteiger charge is -2.39. The highest BCUT2D eigenvalue weighted by molar-refractivity contribution is 5.87. The third-order valence-electron chi connectivity index (χ3n) is 4.10. The molecule has 0 saturated carbocycles. The second-order valence-corrected chi connectivity index (χ2v) is 6.33. The third kappa shape index (κ3) is 2.49.